The first-order valence-electron chi connectivity index (χ1n) is 5.95. The predicted octanol–water partition coefficient (Wildman–Crippen LogP) is 4.05. The second kappa shape index (κ2) is 4.86. The maximum absolute atomic E-state index is 11.8. The molecule has 0 saturated carbocycles. The van der Waals surface area contributed by atoms with Gasteiger partial charge in [-0.1, -0.05) is 12.1 Å². The molecule has 4 heteroatoms. The Morgan fingerprint density at radius 3 is 2.67 bits per heavy atom. The van der Waals surface area contributed by atoms with Crippen molar-refractivity contribution in [2.24, 2.45) is 0 Å². The van der Waals surface area contributed by atoms with Gasteiger partial charge >= 0.3 is 0 Å². The highest BCUT2D eigenvalue weighted by atomic mass is 32.2. The average Bonchev–Trinajstić information content (AvgIpc) is 2.84. The number of carbonyl (C=O) groups excluding carboxylic acids is 1. The standard InChI is InChI=1S/C14H13NOS2/c1-17-10-7-5-9(6-8-10)14-15-13-11(16)3-2-4-12(13)18-14/h5-8H,2-4H2,1H3. The number of rotatable bonds is 2. The summed E-state index contributed by atoms with van der Waals surface area (Å²) in [5.74, 6) is 0.208. The summed E-state index contributed by atoms with van der Waals surface area (Å²) < 4.78 is 0. The summed E-state index contributed by atoms with van der Waals surface area (Å²) in [6.07, 6.45) is 4.69. The molecule has 0 aliphatic heterocycles. The van der Waals surface area contributed by atoms with Crippen LogP contribution in [0, 0.1) is 0 Å². The molecule has 3 rings (SSSR count). The van der Waals surface area contributed by atoms with Crippen LogP contribution >= 0.6 is 23.1 Å². The Hall–Kier alpha value is -1.13. The lowest BCUT2D eigenvalue weighted by molar-refractivity contribution is 0.0968. The van der Waals surface area contributed by atoms with Crippen molar-refractivity contribution in [3.05, 3.63) is 34.8 Å². The Kier molecular flexibility index (Phi) is 3.22. The van der Waals surface area contributed by atoms with Crippen LogP contribution < -0.4 is 0 Å². The molecule has 1 aliphatic carbocycles. The number of thiazole rings is 1. The molecule has 1 aliphatic rings. The minimum Gasteiger partial charge on any atom is -0.292 e. The number of thioether (sulfide) groups is 1. The van der Waals surface area contributed by atoms with Crippen LogP contribution in [0.2, 0.25) is 0 Å². The molecule has 1 aromatic carbocycles. The summed E-state index contributed by atoms with van der Waals surface area (Å²) in [5, 5.41) is 0.975. The van der Waals surface area contributed by atoms with Crippen molar-refractivity contribution in [2.75, 3.05) is 6.26 Å². The second-order valence-electron chi connectivity index (χ2n) is 4.30. The number of Topliss-reactive ketones (excluding diaryl/α,β-unsaturated/α-hetero) is 1. The maximum atomic E-state index is 11.8. The lowest BCUT2D eigenvalue weighted by atomic mass is 10.0. The van der Waals surface area contributed by atoms with E-state index in [0.29, 0.717) is 6.42 Å². The molecule has 0 atom stereocenters. The molecular weight excluding hydrogens is 262 g/mol. The SMILES string of the molecule is CSc1ccc(-c2nc3c(s2)CCCC3=O)cc1. The molecule has 1 heterocycles. The zero-order valence-corrected chi connectivity index (χ0v) is 11.7. The number of fused-ring (bicyclic) bond motifs is 1. The molecule has 92 valence electrons. The number of aryl methyl sites for hydroxylation is 1. The number of hydrogen-bond acceptors (Lipinski definition) is 4. The molecule has 18 heavy (non-hydrogen) atoms. The van der Waals surface area contributed by atoms with E-state index >= 15 is 0 Å². The van der Waals surface area contributed by atoms with E-state index in [0.717, 1.165) is 34.0 Å². The van der Waals surface area contributed by atoms with Gasteiger partial charge in [-0.15, -0.1) is 23.1 Å². The van der Waals surface area contributed by atoms with Gasteiger partial charge in [0.25, 0.3) is 0 Å². The first kappa shape index (κ1) is 11.9. The van der Waals surface area contributed by atoms with Crippen LogP contribution in [-0.4, -0.2) is 17.0 Å². The topological polar surface area (TPSA) is 30.0 Å². The zero-order chi connectivity index (χ0) is 12.5. The third-order valence-electron chi connectivity index (χ3n) is 3.11. The zero-order valence-electron chi connectivity index (χ0n) is 10.1. The van der Waals surface area contributed by atoms with Crippen LogP contribution in [0.3, 0.4) is 0 Å². The van der Waals surface area contributed by atoms with Gasteiger partial charge in [-0.25, -0.2) is 4.98 Å². The Bertz CT molecular complexity index is 586. The van der Waals surface area contributed by atoms with Gasteiger partial charge in [-0.05, 0) is 31.2 Å². The van der Waals surface area contributed by atoms with Crippen LogP contribution in [0.4, 0.5) is 0 Å². The largest absolute Gasteiger partial charge is 0.292 e. The highest BCUT2D eigenvalue weighted by Gasteiger charge is 2.22. The summed E-state index contributed by atoms with van der Waals surface area (Å²) in [6, 6.07) is 8.37. The highest BCUT2D eigenvalue weighted by molar-refractivity contribution is 7.98. The summed E-state index contributed by atoms with van der Waals surface area (Å²) in [5.41, 5.74) is 1.83. The number of nitrogens with zero attached hydrogens (tertiary/aromatic N) is 1. The van der Waals surface area contributed by atoms with Crippen LogP contribution in [0.1, 0.15) is 28.2 Å². The number of carbonyl (C=O) groups is 1. The quantitative estimate of drug-likeness (QED) is 0.774. The van der Waals surface area contributed by atoms with E-state index in [1.807, 2.05) is 0 Å². The lowest BCUT2D eigenvalue weighted by Crippen LogP contribution is -2.08. The summed E-state index contributed by atoms with van der Waals surface area (Å²) in [4.78, 5) is 18.7. The van der Waals surface area contributed by atoms with Crippen LogP contribution in [0.25, 0.3) is 10.6 Å². The Morgan fingerprint density at radius 2 is 2.00 bits per heavy atom. The Labute approximate surface area is 114 Å². The molecule has 0 spiro atoms. The van der Waals surface area contributed by atoms with Crippen LogP contribution in [0.5, 0.6) is 0 Å². The predicted molar refractivity (Wildman–Crippen MR) is 76.6 cm³/mol. The van der Waals surface area contributed by atoms with E-state index in [2.05, 4.69) is 35.5 Å². The average molecular weight is 275 g/mol. The fraction of sp³-hybridized carbons (Fsp3) is 0.286. The van der Waals surface area contributed by atoms with E-state index in [9.17, 15) is 4.79 Å². The molecule has 1 aromatic heterocycles. The van der Waals surface area contributed by atoms with Gasteiger partial charge in [0.15, 0.2) is 5.78 Å². The Morgan fingerprint density at radius 1 is 1.22 bits per heavy atom. The molecule has 0 fully saturated rings. The second-order valence-corrected chi connectivity index (χ2v) is 6.26. The van der Waals surface area contributed by atoms with Crippen molar-refractivity contribution in [1.29, 1.82) is 0 Å². The van der Waals surface area contributed by atoms with Gasteiger partial charge in [0.05, 0.1) is 0 Å². The van der Waals surface area contributed by atoms with E-state index in [1.54, 1.807) is 23.1 Å². The molecule has 0 saturated heterocycles. The molecule has 0 radical (unpaired) electrons. The first-order valence-corrected chi connectivity index (χ1v) is 7.99. The lowest BCUT2D eigenvalue weighted by Gasteiger charge is -2.06. The first-order chi connectivity index (χ1) is 8.78. The summed E-state index contributed by atoms with van der Waals surface area (Å²) in [6.45, 7) is 0. The van der Waals surface area contributed by atoms with Crippen molar-refractivity contribution in [1.82, 2.24) is 4.98 Å². The molecule has 0 amide bonds. The fourth-order valence-corrected chi connectivity index (χ4v) is 3.66. The Balaban J connectivity index is 1.99. The van der Waals surface area contributed by atoms with Crippen molar-refractivity contribution >= 4 is 28.9 Å². The van der Waals surface area contributed by atoms with Crippen molar-refractivity contribution < 1.29 is 4.79 Å². The minimum absolute atomic E-state index is 0.208. The fourth-order valence-electron chi connectivity index (χ4n) is 2.12. The summed E-state index contributed by atoms with van der Waals surface area (Å²) in [7, 11) is 0. The maximum Gasteiger partial charge on any atom is 0.182 e. The summed E-state index contributed by atoms with van der Waals surface area (Å²) >= 11 is 3.40. The third kappa shape index (κ3) is 2.10. The van der Waals surface area contributed by atoms with Gasteiger partial charge in [-0.3, -0.25) is 4.79 Å². The van der Waals surface area contributed by atoms with Gasteiger partial charge in [0.1, 0.15) is 10.7 Å². The van der Waals surface area contributed by atoms with Gasteiger partial charge in [-0.2, -0.15) is 0 Å². The van der Waals surface area contributed by atoms with Gasteiger partial charge < -0.3 is 0 Å². The monoisotopic (exact) mass is 275 g/mol. The van der Waals surface area contributed by atoms with E-state index < -0.39 is 0 Å². The highest BCUT2D eigenvalue weighted by Crippen LogP contribution is 2.33. The van der Waals surface area contributed by atoms with Crippen molar-refractivity contribution in [3.8, 4) is 10.6 Å². The molecule has 0 N–H and O–H groups in total. The molecular formula is C14H13NOS2. The van der Waals surface area contributed by atoms with Crippen LogP contribution in [0.15, 0.2) is 29.2 Å². The number of benzene rings is 1. The molecule has 0 bridgehead atoms. The molecule has 0 unspecified atom stereocenters. The van der Waals surface area contributed by atoms with Crippen molar-refractivity contribution in [2.45, 2.75) is 24.2 Å². The van der Waals surface area contributed by atoms with E-state index in [4.69, 9.17) is 0 Å². The normalized spacial score (nSPS) is 14.6. The van der Waals surface area contributed by atoms with Crippen LogP contribution in [-0.2, 0) is 6.42 Å². The smallest absolute Gasteiger partial charge is 0.182 e. The van der Waals surface area contributed by atoms with Gasteiger partial charge in [0.2, 0.25) is 0 Å². The minimum atomic E-state index is 0.208. The van der Waals surface area contributed by atoms with Crippen molar-refractivity contribution in [3.63, 3.8) is 0 Å². The third-order valence-corrected chi connectivity index (χ3v) is 5.01. The van der Waals surface area contributed by atoms with E-state index in [1.165, 1.54) is 4.90 Å². The molecule has 2 aromatic rings. The molecule has 2 nitrogen and oxygen atoms in total. The van der Waals surface area contributed by atoms with E-state index in [-0.39, 0.29) is 5.78 Å². The number of aromatic nitrogens is 1. The van der Waals surface area contributed by atoms with Gasteiger partial charge in [0, 0.05) is 21.8 Å². The number of ketones is 1. The number of hydrogen-bond donors (Lipinski definition) is 0.